The topological polar surface area (TPSA) is 38.7 Å². The van der Waals surface area contributed by atoms with E-state index in [9.17, 15) is 0 Å². The van der Waals surface area contributed by atoms with E-state index < -0.39 is 7.38 Å². The highest BCUT2D eigenvalue weighted by Crippen LogP contribution is 2.07. The summed E-state index contributed by atoms with van der Waals surface area (Å²) in [7, 11) is -2.74. The van der Waals surface area contributed by atoms with Gasteiger partial charge in [0, 0.05) is 18.6 Å². The van der Waals surface area contributed by atoms with Crippen LogP contribution in [0.15, 0.2) is 73.2 Å². The molecule has 0 amide bonds. The van der Waals surface area contributed by atoms with Crippen molar-refractivity contribution in [3.63, 3.8) is 0 Å². The molecule has 3 rings (SSSR count). The molecule has 0 bridgehead atoms. The molecule has 3 aromatic heterocycles. The van der Waals surface area contributed by atoms with Crippen LogP contribution < -0.4 is 16.0 Å². The van der Waals surface area contributed by atoms with Crippen molar-refractivity contribution in [3.05, 3.63) is 73.2 Å². The molecule has 0 radical (unpaired) electrons. The second-order valence-electron chi connectivity index (χ2n) is 4.30. The van der Waals surface area contributed by atoms with Gasteiger partial charge in [0.25, 0.3) is 0 Å². The maximum Gasteiger partial charge on any atom is 0.302 e. The monoisotopic (exact) mass is 297 g/mol. The van der Waals surface area contributed by atoms with E-state index in [-0.39, 0.29) is 0 Å². The van der Waals surface area contributed by atoms with Crippen molar-refractivity contribution in [3.8, 4) is 0 Å². The maximum atomic E-state index is 7.07. The second kappa shape index (κ2) is 5.52. The highest BCUT2D eigenvalue weighted by atomic mass is 35.6. The van der Waals surface area contributed by atoms with Crippen LogP contribution in [0.25, 0.3) is 0 Å². The molecule has 0 spiro atoms. The zero-order valence-electron chi connectivity index (χ0n) is 10.6. The SMILES string of the molecule is Cl[Si](c1ccccn1)(c1ccccn1)c1ccccn1. The van der Waals surface area contributed by atoms with Crippen LogP contribution in [0.2, 0.25) is 0 Å². The van der Waals surface area contributed by atoms with Gasteiger partial charge in [0.05, 0.1) is 16.0 Å². The summed E-state index contributed by atoms with van der Waals surface area (Å²) in [5.74, 6) is 0. The Morgan fingerprint density at radius 1 is 0.600 bits per heavy atom. The van der Waals surface area contributed by atoms with Crippen LogP contribution in [-0.2, 0) is 0 Å². The molecule has 0 aliphatic carbocycles. The third-order valence-corrected chi connectivity index (χ3v) is 7.80. The first-order valence-corrected chi connectivity index (χ1v) is 9.26. The molecule has 5 heteroatoms. The average Bonchev–Trinajstić information content (AvgIpc) is 2.56. The maximum absolute atomic E-state index is 7.07. The molecule has 98 valence electrons. The number of aromatic nitrogens is 3. The van der Waals surface area contributed by atoms with Crippen LogP contribution in [0.3, 0.4) is 0 Å². The molecule has 0 saturated heterocycles. The van der Waals surface area contributed by atoms with Crippen molar-refractivity contribution in [2.75, 3.05) is 0 Å². The number of rotatable bonds is 3. The highest BCUT2D eigenvalue weighted by Gasteiger charge is 2.42. The van der Waals surface area contributed by atoms with Crippen molar-refractivity contribution in [1.29, 1.82) is 0 Å². The Morgan fingerprint density at radius 3 is 1.20 bits per heavy atom. The molecule has 3 heterocycles. The third kappa shape index (κ3) is 2.24. The summed E-state index contributed by atoms with van der Waals surface area (Å²) < 4.78 is 0. The Kier molecular flexibility index (Phi) is 3.58. The molecule has 0 unspecified atom stereocenters. The molecule has 0 aliphatic rings. The van der Waals surface area contributed by atoms with Crippen LogP contribution in [0.1, 0.15) is 0 Å². The van der Waals surface area contributed by atoms with Gasteiger partial charge in [-0.1, -0.05) is 18.2 Å². The molecular formula is C15H12ClN3Si. The molecule has 0 N–H and O–H groups in total. The van der Waals surface area contributed by atoms with Gasteiger partial charge in [0.2, 0.25) is 0 Å². The van der Waals surface area contributed by atoms with Crippen molar-refractivity contribution >= 4 is 34.4 Å². The molecule has 3 aromatic rings. The normalized spacial score (nSPS) is 11.2. The quantitative estimate of drug-likeness (QED) is 0.536. The first-order valence-electron chi connectivity index (χ1n) is 6.25. The fraction of sp³-hybridized carbons (Fsp3) is 0. The van der Waals surface area contributed by atoms with Gasteiger partial charge in [0.1, 0.15) is 0 Å². The molecule has 0 atom stereocenters. The lowest BCUT2D eigenvalue weighted by Gasteiger charge is -2.22. The van der Waals surface area contributed by atoms with E-state index >= 15 is 0 Å². The lowest BCUT2D eigenvalue weighted by Crippen LogP contribution is -2.65. The predicted octanol–water partition coefficient (Wildman–Crippen LogP) is 1.08. The average molecular weight is 298 g/mol. The van der Waals surface area contributed by atoms with Crippen molar-refractivity contribution in [1.82, 2.24) is 15.0 Å². The Morgan fingerprint density at radius 2 is 0.950 bits per heavy atom. The van der Waals surface area contributed by atoms with Gasteiger partial charge in [-0.05, 0) is 36.4 Å². The molecule has 0 aliphatic heterocycles. The van der Waals surface area contributed by atoms with Gasteiger partial charge in [-0.15, -0.1) is 11.1 Å². The van der Waals surface area contributed by atoms with Gasteiger partial charge in [0.15, 0.2) is 0 Å². The van der Waals surface area contributed by atoms with Gasteiger partial charge in [-0.3, -0.25) is 15.0 Å². The van der Waals surface area contributed by atoms with Crippen LogP contribution in [0.4, 0.5) is 0 Å². The number of halogens is 1. The minimum absolute atomic E-state index is 0.846. The zero-order valence-corrected chi connectivity index (χ0v) is 12.4. The van der Waals surface area contributed by atoms with Gasteiger partial charge in [-0.25, -0.2) is 0 Å². The summed E-state index contributed by atoms with van der Waals surface area (Å²) in [6, 6.07) is 17.3. The Hall–Kier alpha value is -2.04. The molecule has 0 aromatic carbocycles. The van der Waals surface area contributed by atoms with E-state index in [1.54, 1.807) is 18.6 Å². The summed E-state index contributed by atoms with van der Waals surface area (Å²) >= 11 is 7.07. The number of hydrogen-bond acceptors (Lipinski definition) is 3. The molecule has 0 saturated carbocycles. The summed E-state index contributed by atoms with van der Waals surface area (Å²) in [5, 5.41) is 2.54. The van der Waals surface area contributed by atoms with E-state index in [1.807, 2.05) is 54.6 Å². The number of pyridine rings is 3. The van der Waals surface area contributed by atoms with Crippen molar-refractivity contribution in [2.24, 2.45) is 0 Å². The van der Waals surface area contributed by atoms with E-state index in [1.165, 1.54) is 0 Å². The fourth-order valence-corrected chi connectivity index (χ4v) is 5.62. The highest BCUT2D eigenvalue weighted by molar-refractivity contribution is 7.39. The van der Waals surface area contributed by atoms with Crippen LogP contribution in [0.5, 0.6) is 0 Å². The van der Waals surface area contributed by atoms with Gasteiger partial charge in [-0.2, -0.15) is 0 Å². The Bertz CT molecular complexity index is 581. The van der Waals surface area contributed by atoms with Crippen molar-refractivity contribution < 1.29 is 0 Å². The third-order valence-electron chi connectivity index (χ3n) is 3.05. The van der Waals surface area contributed by atoms with E-state index in [0.717, 1.165) is 16.0 Å². The zero-order chi connectivity index (χ0) is 13.8. The van der Waals surface area contributed by atoms with Gasteiger partial charge < -0.3 is 0 Å². The number of hydrogen-bond donors (Lipinski definition) is 0. The standard InChI is InChI=1S/C15H12ClN3Si/c16-20(13-7-1-4-10-17-13,14-8-2-5-11-18-14)15-9-3-6-12-19-15/h1-12H. The summed E-state index contributed by atoms with van der Waals surface area (Å²) in [4.78, 5) is 13.4. The molecule has 0 fully saturated rings. The smallest absolute Gasteiger partial charge is 0.264 e. The van der Waals surface area contributed by atoms with E-state index in [0.29, 0.717) is 0 Å². The fourth-order valence-electron chi connectivity index (χ4n) is 2.09. The lowest BCUT2D eigenvalue weighted by atomic mass is 10.5. The Labute approximate surface area is 123 Å². The lowest BCUT2D eigenvalue weighted by molar-refractivity contribution is 1.33. The largest absolute Gasteiger partial charge is 0.302 e. The Balaban J connectivity index is 2.24. The van der Waals surface area contributed by atoms with Crippen LogP contribution in [-0.4, -0.2) is 22.3 Å². The molecule has 20 heavy (non-hydrogen) atoms. The molecule has 3 nitrogen and oxygen atoms in total. The van der Waals surface area contributed by atoms with Crippen molar-refractivity contribution in [2.45, 2.75) is 0 Å². The van der Waals surface area contributed by atoms with E-state index in [4.69, 9.17) is 11.1 Å². The second-order valence-corrected chi connectivity index (χ2v) is 8.86. The van der Waals surface area contributed by atoms with E-state index in [2.05, 4.69) is 15.0 Å². The first kappa shape index (κ1) is 13.0. The first-order chi connectivity index (χ1) is 9.82. The van der Waals surface area contributed by atoms with Crippen LogP contribution in [0, 0.1) is 0 Å². The summed E-state index contributed by atoms with van der Waals surface area (Å²) in [5.41, 5.74) is 0. The number of nitrogens with zero attached hydrogens (tertiary/aromatic N) is 3. The summed E-state index contributed by atoms with van der Waals surface area (Å²) in [6.07, 6.45) is 5.27. The predicted molar refractivity (Wildman–Crippen MR) is 83.2 cm³/mol. The summed E-state index contributed by atoms with van der Waals surface area (Å²) in [6.45, 7) is 0. The van der Waals surface area contributed by atoms with Crippen LogP contribution >= 0.6 is 11.1 Å². The minimum atomic E-state index is -2.74. The van der Waals surface area contributed by atoms with Gasteiger partial charge >= 0.3 is 7.38 Å². The molecular weight excluding hydrogens is 286 g/mol. The minimum Gasteiger partial charge on any atom is -0.264 e.